The Morgan fingerprint density at radius 1 is 1.29 bits per heavy atom. The molecule has 0 spiro atoms. The molecule has 0 saturated heterocycles. The van der Waals surface area contributed by atoms with E-state index < -0.39 is 10.9 Å². The average Bonchev–Trinajstić information content (AvgIpc) is 3.08. The van der Waals surface area contributed by atoms with E-state index in [0.29, 0.717) is 41.4 Å². The summed E-state index contributed by atoms with van der Waals surface area (Å²) in [5.74, 6) is 0.505. The molecule has 31 heavy (non-hydrogen) atoms. The van der Waals surface area contributed by atoms with Crippen molar-refractivity contribution in [2.75, 3.05) is 13.2 Å². The minimum Gasteiger partial charge on any atom is -0.490 e. The number of nitro groups is 1. The van der Waals surface area contributed by atoms with Crippen molar-refractivity contribution in [3.8, 4) is 11.5 Å². The van der Waals surface area contributed by atoms with Gasteiger partial charge >= 0.3 is 5.97 Å². The number of carbonyl (C=O) groups is 1. The Morgan fingerprint density at radius 2 is 2.06 bits per heavy atom. The molecule has 0 aromatic heterocycles. The van der Waals surface area contributed by atoms with Gasteiger partial charge in [-0.1, -0.05) is 18.7 Å². The van der Waals surface area contributed by atoms with Gasteiger partial charge < -0.3 is 14.2 Å². The first-order valence-corrected chi connectivity index (χ1v) is 10.4. The van der Waals surface area contributed by atoms with E-state index in [-0.39, 0.29) is 17.3 Å². The summed E-state index contributed by atoms with van der Waals surface area (Å²) >= 11 is 2.12. The zero-order valence-corrected chi connectivity index (χ0v) is 19.0. The van der Waals surface area contributed by atoms with Crippen LogP contribution in [-0.2, 0) is 9.53 Å². The van der Waals surface area contributed by atoms with Crippen LogP contribution in [0, 0.1) is 20.6 Å². The number of cyclic esters (lactones) is 1. The SMILES string of the molecule is C=CCOc1c(I)cc(/C=C2\N=C(c3ccc(C)c([N+](=O)[O-])c3)OC2=O)cc1OCC. The van der Waals surface area contributed by atoms with Crippen molar-refractivity contribution < 1.29 is 23.9 Å². The Hall–Kier alpha value is -3.21. The largest absolute Gasteiger partial charge is 0.490 e. The summed E-state index contributed by atoms with van der Waals surface area (Å²) in [5.41, 5.74) is 1.54. The van der Waals surface area contributed by atoms with Crippen LogP contribution >= 0.6 is 22.6 Å². The van der Waals surface area contributed by atoms with E-state index >= 15 is 0 Å². The van der Waals surface area contributed by atoms with Gasteiger partial charge in [0.2, 0.25) is 5.90 Å². The third-order valence-electron chi connectivity index (χ3n) is 4.25. The second kappa shape index (κ2) is 9.73. The van der Waals surface area contributed by atoms with Gasteiger partial charge in [-0.3, -0.25) is 10.1 Å². The molecule has 0 radical (unpaired) electrons. The van der Waals surface area contributed by atoms with Gasteiger partial charge in [0.05, 0.1) is 15.1 Å². The van der Waals surface area contributed by atoms with Crippen LogP contribution in [0.25, 0.3) is 6.08 Å². The van der Waals surface area contributed by atoms with Crippen LogP contribution < -0.4 is 9.47 Å². The first kappa shape index (κ1) is 22.5. The maximum atomic E-state index is 12.3. The molecule has 0 aliphatic carbocycles. The molecule has 0 bridgehead atoms. The number of aryl methyl sites for hydroxylation is 1. The van der Waals surface area contributed by atoms with Crippen molar-refractivity contribution in [1.29, 1.82) is 0 Å². The van der Waals surface area contributed by atoms with Gasteiger partial charge in [-0.15, -0.1) is 0 Å². The number of rotatable bonds is 8. The molecule has 0 atom stereocenters. The van der Waals surface area contributed by atoms with E-state index in [4.69, 9.17) is 14.2 Å². The molecule has 8 nitrogen and oxygen atoms in total. The molecular formula is C22H19IN2O6. The third kappa shape index (κ3) is 5.10. The molecule has 1 aliphatic rings. The molecule has 0 fully saturated rings. The Labute approximate surface area is 192 Å². The van der Waals surface area contributed by atoms with E-state index in [1.807, 2.05) is 13.0 Å². The van der Waals surface area contributed by atoms with E-state index in [0.717, 1.165) is 3.57 Å². The predicted molar refractivity (Wildman–Crippen MR) is 124 cm³/mol. The second-order valence-electron chi connectivity index (χ2n) is 6.46. The van der Waals surface area contributed by atoms with Crippen LogP contribution in [-0.4, -0.2) is 30.0 Å². The standard InChI is InChI=1S/C22H19IN2O6/c1-4-8-30-20-16(23)9-14(11-19(20)29-5-2)10-17-22(26)31-21(24-17)15-7-6-13(3)18(12-15)25(27)28/h4,6-7,9-12H,1,5,8H2,2-3H3/b17-10-. The van der Waals surface area contributed by atoms with Gasteiger partial charge in [-0.05, 0) is 66.3 Å². The molecule has 3 rings (SSSR count). The van der Waals surface area contributed by atoms with Gasteiger partial charge in [0, 0.05) is 17.2 Å². The number of halogens is 1. The van der Waals surface area contributed by atoms with Crippen molar-refractivity contribution in [1.82, 2.24) is 0 Å². The fourth-order valence-electron chi connectivity index (χ4n) is 2.85. The fourth-order valence-corrected chi connectivity index (χ4v) is 3.63. The van der Waals surface area contributed by atoms with E-state index in [9.17, 15) is 14.9 Å². The summed E-state index contributed by atoms with van der Waals surface area (Å²) in [6.45, 7) is 7.92. The van der Waals surface area contributed by atoms with Gasteiger partial charge in [0.15, 0.2) is 17.2 Å². The fraction of sp³-hybridized carbons (Fsp3) is 0.182. The van der Waals surface area contributed by atoms with Crippen LogP contribution in [0.1, 0.15) is 23.6 Å². The molecule has 2 aromatic rings. The molecule has 0 saturated carbocycles. The lowest BCUT2D eigenvalue weighted by Gasteiger charge is -2.13. The van der Waals surface area contributed by atoms with Crippen molar-refractivity contribution >= 4 is 46.2 Å². The molecule has 2 aromatic carbocycles. The van der Waals surface area contributed by atoms with Crippen LogP contribution in [0.15, 0.2) is 53.7 Å². The van der Waals surface area contributed by atoms with Crippen molar-refractivity contribution in [3.63, 3.8) is 0 Å². The number of ether oxygens (including phenoxy) is 3. The normalized spacial score (nSPS) is 14.2. The first-order chi connectivity index (χ1) is 14.8. The van der Waals surface area contributed by atoms with Crippen molar-refractivity contribution in [2.24, 2.45) is 4.99 Å². The number of nitrogens with zero attached hydrogens (tertiary/aromatic N) is 2. The Morgan fingerprint density at radius 3 is 2.74 bits per heavy atom. The van der Waals surface area contributed by atoms with Crippen LogP contribution in [0.3, 0.4) is 0 Å². The van der Waals surface area contributed by atoms with Crippen molar-refractivity contribution in [2.45, 2.75) is 13.8 Å². The zero-order valence-electron chi connectivity index (χ0n) is 16.9. The average molecular weight is 534 g/mol. The van der Waals surface area contributed by atoms with Crippen molar-refractivity contribution in [3.05, 3.63) is 79.1 Å². The lowest BCUT2D eigenvalue weighted by Crippen LogP contribution is -2.06. The topological polar surface area (TPSA) is 100 Å². The lowest BCUT2D eigenvalue weighted by atomic mass is 10.1. The summed E-state index contributed by atoms with van der Waals surface area (Å²) in [6.07, 6.45) is 3.21. The number of carbonyl (C=O) groups excluding carboxylic acids is 1. The quantitative estimate of drug-likeness (QED) is 0.120. The minimum atomic E-state index is -0.641. The first-order valence-electron chi connectivity index (χ1n) is 9.32. The minimum absolute atomic E-state index is 0.0185. The maximum Gasteiger partial charge on any atom is 0.363 e. The second-order valence-corrected chi connectivity index (χ2v) is 7.62. The Kier molecular flexibility index (Phi) is 7.06. The van der Waals surface area contributed by atoms with E-state index in [1.165, 1.54) is 6.07 Å². The molecular weight excluding hydrogens is 515 g/mol. The lowest BCUT2D eigenvalue weighted by molar-refractivity contribution is -0.385. The highest BCUT2D eigenvalue weighted by Gasteiger charge is 2.26. The molecule has 1 aliphatic heterocycles. The number of aliphatic imine (C=N–C) groups is 1. The molecule has 0 unspecified atom stereocenters. The van der Waals surface area contributed by atoms with Crippen LogP contribution in [0.5, 0.6) is 11.5 Å². The summed E-state index contributed by atoms with van der Waals surface area (Å²) in [6, 6.07) is 8.12. The highest BCUT2D eigenvalue weighted by molar-refractivity contribution is 14.1. The summed E-state index contributed by atoms with van der Waals surface area (Å²) in [4.78, 5) is 27.3. The highest BCUT2D eigenvalue weighted by Crippen LogP contribution is 2.35. The summed E-state index contributed by atoms with van der Waals surface area (Å²) in [5, 5.41) is 11.2. The van der Waals surface area contributed by atoms with E-state index in [1.54, 1.807) is 37.3 Å². The van der Waals surface area contributed by atoms with Gasteiger partial charge in [0.1, 0.15) is 6.61 Å². The van der Waals surface area contributed by atoms with Gasteiger partial charge in [-0.2, -0.15) is 0 Å². The maximum absolute atomic E-state index is 12.3. The Bertz CT molecular complexity index is 1120. The highest BCUT2D eigenvalue weighted by atomic mass is 127. The molecule has 0 N–H and O–H groups in total. The predicted octanol–water partition coefficient (Wildman–Crippen LogP) is 4.82. The number of esters is 1. The smallest absolute Gasteiger partial charge is 0.363 e. The molecule has 1 heterocycles. The number of hydrogen-bond acceptors (Lipinski definition) is 7. The monoisotopic (exact) mass is 534 g/mol. The summed E-state index contributed by atoms with van der Waals surface area (Å²) in [7, 11) is 0. The van der Waals surface area contributed by atoms with Crippen LogP contribution in [0.4, 0.5) is 5.69 Å². The van der Waals surface area contributed by atoms with Gasteiger partial charge in [0.25, 0.3) is 5.69 Å². The van der Waals surface area contributed by atoms with E-state index in [2.05, 4.69) is 34.2 Å². The zero-order chi connectivity index (χ0) is 22.5. The number of nitro benzene ring substituents is 1. The molecule has 0 amide bonds. The molecule has 160 valence electrons. The molecule has 9 heteroatoms. The third-order valence-corrected chi connectivity index (χ3v) is 5.06. The number of benzene rings is 2. The summed E-state index contributed by atoms with van der Waals surface area (Å²) < 4.78 is 17.4. The van der Waals surface area contributed by atoms with Gasteiger partial charge in [-0.25, -0.2) is 9.79 Å². The van der Waals surface area contributed by atoms with Crippen LogP contribution in [0.2, 0.25) is 0 Å². The number of hydrogen-bond donors (Lipinski definition) is 0. The Balaban J connectivity index is 1.97.